The predicted molar refractivity (Wildman–Crippen MR) is 71.4 cm³/mol. The van der Waals surface area contributed by atoms with E-state index in [1.807, 2.05) is 6.20 Å². The first-order valence-corrected chi connectivity index (χ1v) is 6.84. The lowest BCUT2D eigenvalue weighted by Gasteiger charge is -2.17. The monoisotopic (exact) mass is 258 g/mol. The quantitative estimate of drug-likeness (QED) is 0.818. The molecule has 0 aliphatic heterocycles. The Labute approximate surface area is 112 Å². The number of fused-ring (bicyclic) bond motifs is 1. The van der Waals surface area contributed by atoms with Crippen molar-refractivity contribution in [2.45, 2.75) is 38.6 Å². The molecule has 2 heterocycles. The van der Waals surface area contributed by atoms with Gasteiger partial charge in [0.2, 0.25) is 0 Å². The van der Waals surface area contributed by atoms with E-state index in [1.54, 1.807) is 6.20 Å². The van der Waals surface area contributed by atoms with E-state index in [9.17, 15) is 0 Å². The molecule has 1 atom stereocenters. The maximum atomic E-state index is 4.67. The molecule has 2 aromatic heterocycles. The largest absolute Gasteiger partial charge is 0.310 e. The summed E-state index contributed by atoms with van der Waals surface area (Å²) in [6.45, 7) is 3.10. The average molecular weight is 258 g/mol. The van der Waals surface area contributed by atoms with Crippen LogP contribution in [0.1, 0.15) is 43.5 Å². The minimum Gasteiger partial charge on any atom is -0.310 e. The van der Waals surface area contributed by atoms with Gasteiger partial charge in [0.15, 0.2) is 5.82 Å². The lowest BCUT2D eigenvalue weighted by atomic mass is 10.0. The first-order chi connectivity index (χ1) is 9.38. The van der Waals surface area contributed by atoms with Crippen LogP contribution in [0, 0.1) is 0 Å². The van der Waals surface area contributed by atoms with Gasteiger partial charge in [0.05, 0.1) is 6.20 Å². The summed E-state index contributed by atoms with van der Waals surface area (Å²) < 4.78 is 0. The van der Waals surface area contributed by atoms with Crippen molar-refractivity contribution in [2.24, 2.45) is 0 Å². The summed E-state index contributed by atoms with van der Waals surface area (Å²) in [5.41, 5.74) is 3.09. The Kier molecular flexibility index (Phi) is 3.50. The Hall–Kier alpha value is -1.82. The molecule has 2 N–H and O–H groups in total. The van der Waals surface area contributed by atoms with Crippen LogP contribution in [0.15, 0.2) is 12.4 Å². The van der Waals surface area contributed by atoms with Crippen molar-refractivity contribution in [1.29, 1.82) is 0 Å². The molecule has 1 unspecified atom stereocenters. The van der Waals surface area contributed by atoms with Gasteiger partial charge in [-0.25, -0.2) is 9.97 Å². The van der Waals surface area contributed by atoms with Crippen molar-refractivity contribution < 1.29 is 0 Å². The highest BCUT2D eigenvalue weighted by Gasteiger charge is 2.20. The molecule has 19 heavy (non-hydrogen) atoms. The minimum atomic E-state index is 0.383. The van der Waals surface area contributed by atoms with Gasteiger partial charge in [-0.2, -0.15) is 15.4 Å². The SMILES string of the molecule is CCNC1CCCCc2nc(-c3cn[nH]n3)ncc21. The van der Waals surface area contributed by atoms with E-state index in [2.05, 4.69) is 37.6 Å². The Morgan fingerprint density at radius 2 is 2.32 bits per heavy atom. The van der Waals surface area contributed by atoms with Crippen LogP contribution in [0.3, 0.4) is 0 Å². The van der Waals surface area contributed by atoms with Crippen molar-refractivity contribution in [3.63, 3.8) is 0 Å². The van der Waals surface area contributed by atoms with E-state index in [4.69, 9.17) is 0 Å². The summed E-state index contributed by atoms with van der Waals surface area (Å²) in [5, 5.41) is 14.0. The molecule has 0 fully saturated rings. The first-order valence-electron chi connectivity index (χ1n) is 6.84. The minimum absolute atomic E-state index is 0.383. The fourth-order valence-electron chi connectivity index (χ4n) is 2.61. The number of nitrogens with zero attached hydrogens (tertiary/aromatic N) is 4. The highest BCUT2D eigenvalue weighted by atomic mass is 15.3. The van der Waals surface area contributed by atoms with Gasteiger partial charge in [0.25, 0.3) is 0 Å². The standard InChI is InChI=1S/C13H18N6/c1-2-14-10-5-3-4-6-11-9(10)7-15-13(17-11)12-8-16-19-18-12/h7-8,10,14H,2-6H2,1H3,(H,16,18,19). The summed E-state index contributed by atoms with van der Waals surface area (Å²) in [4.78, 5) is 9.11. The van der Waals surface area contributed by atoms with Crippen LogP contribution in [-0.4, -0.2) is 31.9 Å². The molecule has 1 aliphatic rings. The van der Waals surface area contributed by atoms with Crippen LogP contribution in [0.25, 0.3) is 11.5 Å². The van der Waals surface area contributed by atoms with Gasteiger partial charge in [-0.1, -0.05) is 13.3 Å². The van der Waals surface area contributed by atoms with E-state index >= 15 is 0 Å². The molecule has 2 aromatic rings. The molecule has 3 rings (SSSR count). The third-order valence-corrected chi connectivity index (χ3v) is 3.53. The van der Waals surface area contributed by atoms with Gasteiger partial charge in [-0.15, -0.1) is 0 Å². The zero-order valence-corrected chi connectivity index (χ0v) is 11.1. The van der Waals surface area contributed by atoms with Crippen molar-refractivity contribution in [1.82, 2.24) is 30.7 Å². The molecule has 6 nitrogen and oxygen atoms in total. The van der Waals surface area contributed by atoms with Crippen LogP contribution in [0.5, 0.6) is 0 Å². The second kappa shape index (κ2) is 5.44. The molecule has 0 spiro atoms. The molecule has 1 aliphatic carbocycles. The molecule has 0 aromatic carbocycles. The number of aryl methyl sites for hydroxylation is 1. The predicted octanol–water partition coefficient (Wildman–Crippen LogP) is 1.64. The van der Waals surface area contributed by atoms with Gasteiger partial charge in [-0.3, -0.25) is 0 Å². The van der Waals surface area contributed by atoms with Crippen molar-refractivity contribution >= 4 is 0 Å². The Balaban J connectivity index is 1.97. The van der Waals surface area contributed by atoms with Crippen LogP contribution < -0.4 is 5.32 Å². The zero-order chi connectivity index (χ0) is 13.1. The van der Waals surface area contributed by atoms with Gasteiger partial charge in [0, 0.05) is 23.5 Å². The van der Waals surface area contributed by atoms with E-state index in [-0.39, 0.29) is 0 Å². The summed E-state index contributed by atoms with van der Waals surface area (Å²) in [6.07, 6.45) is 8.20. The molecule has 0 saturated heterocycles. The van der Waals surface area contributed by atoms with Gasteiger partial charge in [0.1, 0.15) is 5.69 Å². The molecule has 0 bridgehead atoms. The van der Waals surface area contributed by atoms with Crippen molar-refractivity contribution in [2.75, 3.05) is 6.54 Å². The number of hydrogen-bond donors (Lipinski definition) is 2. The zero-order valence-electron chi connectivity index (χ0n) is 11.1. The highest BCUT2D eigenvalue weighted by molar-refractivity contribution is 5.47. The highest BCUT2D eigenvalue weighted by Crippen LogP contribution is 2.28. The lowest BCUT2D eigenvalue weighted by Crippen LogP contribution is -2.21. The average Bonchev–Trinajstić information content (AvgIpc) is 2.89. The summed E-state index contributed by atoms with van der Waals surface area (Å²) >= 11 is 0. The molecule has 6 heteroatoms. The molecule has 0 saturated carbocycles. The van der Waals surface area contributed by atoms with Crippen LogP contribution >= 0.6 is 0 Å². The number of aromatic amines is 1. The topological polar surface area (TPSA) is 79.4 Å². The molecule has 0 radical (unpaired) electrons. The smallest absolute Gasteiger partial charge is 0.181 e. The third kappa shape index (κ3) is 2.49. The number of rotatable bonds is 3. The summed E-state index contributed by atoms with van der Waals surface area (Å²) in [7, 11) is 0. The fraction of sp³-hybridized carbons (Fsp3) is 0.538. The van der Waals surface area contributed by atoms with Crippen LogP contribution in [-0.2, 0) is 6.42 Å². The lowest BCUT2D eigenvalue weighted by molar-refractivity contribution is 0.502. The second-order valence-corrected chi connectivity index (χ2v) is 4.81. The molecule has 0 amide bonds. The van der Waals surface area contributed by atoms with Gasteiger partial charge >= 0.3 is 0 Å². The third-order valence-electron chi connectivity index (χ3n) is 3.53. The summed E-state index contributed by atoms with van der Waals surface area (Å²) in [5.74, 6) is 0.657. The van der Waals surface area contributed by atoms with E-state index in [0.29, 0.717) is 17.6 Å². The fourth-order valence-corrected chi connectivity index (χ4v) is 2.61. The van der Waals surface area contributed by atoms with Crippen molar-refractivity contribution in [3.05, 3.63) is 23.7 Å². The van der Waals surface area contributed by atoms with E-state index in [0.717, 1.165) is 25.1 Å². The van der Waals surface area contributed by atoms with Crippen LogP contribution in [0.2, 0.25) is 0 Å². The van der Waals surface area contributed by atoms with Gasteiger partial charge < -0.3 is 5.32 Å². The maximum absolute atomic E-state index is 4.67. The Morgan fingerprint density at radius 3 is 3.11 bits per heavy atom. The van der Waals surface area contributed by atoms with Crippen LogP contribution in [0.4, 0.5) is 0 Å². The van der Waals surface area contributed by atoms with E-state index < -0.39 is 0 Å². The van der Waals surface area contributed by atoms with Gasteiger partial charge in [-0.05, 0) is 25.8 Å². The summed E-state index contributed by atoms with van der Waals surface area (Å²) in [6, 6.07) is 0.383. The number of nitrogens with one attached hydrogen (secondary N) is 2. The molecule has 100 valence electrons. The number of H-pyrrole nitrogens is 1. The number of aromatic nitrogens is 5. The Bertz CT molecular complexity index is 536. The maximum Gasteiger partial charge on any atom is 0.181 e. The van der Waals surface area contributed by atoms with Crippen molar-refractivity contribution in [3.8, 4) is 11.5 Å². The Morgan fingerprint density at radius 1 is 1.37 bits per heavy atom. The second-order valence-electron chi connectivity index (χ2n) is 4.81. The molecular weight excluding hydrogens is 240 g/mol. The van der Waals surface area contributed by atoms with E-state index in [1.165, 1.54) is 18.4 Å². The first kappa shape index (κ1) is 12.2. The molecular formula is C13H18N6. The number of hydrogen-bond acceptors (Lipinski definition) is 5. The normalized spacial score (nSPS) is 18.9.